The second kappa shape index (κ2) is 7.09. The van der Waals surface area contributed by atoms with E-state index in [9.17, 15) is 9.90 Å². The molecule has 1 aromatic carbocycles. The highest BCUT2D eigenvalue weighted by molar-refractivity contribution is 5.80. The van der Waals surface area contributed by atoms with Crippen LogP contribution in [0.25, 0.3) is 0 Å². The molecule has 0 saturated heterocycles. The van der Waals surface area contributed by atoms with Crippen molar-refractivity contribution in [2.45, 2.75) is 38.5 Å². The fourth-order valence-electron chi connectivity index (χ4n) is 2.31. The summed E-state index contributed by atoms with van der Waals surface area (Å²) in [6, 6.07) is 12.9. The minimum atomic E-state index is -0.566. The maximum atomic E-state index is 12.2. The molecule has 3 unspecified atom stereocenters. The summed E-state index contributed by atoms with van der Waals surface area (Å²) >= 11 is 0. The topological polar surface area (TPSA) is 54.3 Å². The van der Waals surface area contributed by atoms with Crippen molar-refractivity contribution in [2.24, 2.45) is 0 Å². The molecule has 0 radical (unpaired) electrons. The Labute approximate surface area is 125 Å². The van der Waals surface area contributed by atoms with Crippen molar-refractivity contribution in [3.8, 4) is 0 Å². The van der Waals surface area contributed by atoms with Crippen LogP contribution in [-0.2, 0) is 4.79 Å². The standard InChI is InChI=1S/C17H22N2O2/c1-13(12-16(20)15-8-4-3-5-9-15)18-17(21)14(2)19-10-6-7-11-19/h3-11,13-14,16,20H,12H2,1-2H3,(H,18,21). The third-order valence-corrected chi connectivity index (χ3v) is 3.60. The lowest BCUT2D eigenvalue weighted by Crippen LogP contribution is -2.37. The SMILES string of the molecule is CC(CC(O)c1ccccc1)NC(=O)C(C)n1cccc1. The van der Waals surface area contributed by atoms with Crippen LogP contribution < -0.4 is 5.32 Å². The van der Waals surface area contributed by atoms with Gasteiger partial charge in [0.2, 0.25) is 5.91 Å². The lowest BCUT2D eigenvalue weighted by Gasteiger charge is -2.21. The predicted molar refractivity (Wildman–Crippen MR) is 82.8 cm³/mol. The van der Waals surface area contributed by atoms with E-state index in [-0.39, 0.29) is 18.0 Å². The van der Waals surface area contributed by atoms with Crippen LogP contribution in [0.1, 0.15) is 38.0 Å². The molecule has 2 N–H and O–H groups in total. The normalized spacial score (nSPS) is 15.2. The number of benzene rings is 1. The Bertz CT molecular complexity index is 551. The van der Waals surface area contributed by atoms with E-state index >= 15 is 0 Å². The number of aliphatic hydroxyl groups is 1. The summed E-state index contributed by atoms with van der Waals surface area (Å²) in [5.41, 5.74) is 0.872. The summed E-state index contributed by atoms with van der Waals surface area (Å²) in [4.78, 5) is 12.2. The highest BCUT2D eigenvalue weighted by Gasteiger charge is 2.18. The third kappa shape index (κ3) is 4.20. The molecule has 4 heteroatoms. The Morgan fingerprint density at radius 1 is 1.14 bits per heavy atom. The van der Waals surface area contributed by atoms with Crippen LogP contribution in [0, 0.1) is 0 Å². The molecule has 0 aliphatic heterocycles. The molecule has 112 valence electrons. The maximum Gasteiger partial charge on any atom is 0.242 e. The summed E-state index contributed by atoms with van der Waals surface area (Å²) < 4.78 is 1.86. The Kier molecular flexibility index (Phi) is 5.17. The number of hydrogen-bond donors (Lipinski definition) is 2. The zero-order valence-corrected chi connectivity index (χ0v) is 12.4. The molecule has 2 aromatic rings. The molecule has 4 nitrogen and oxygen atoms in total. The highest BCUT2D eigenvalue weighted by Crippen LogP contribution is 2.18. The minimum Gasteiger partial charge on any atom is -0.388 e. The number of nitrogens with one attached hydrogen (secondary N) is 1. The average molecular weight is 286 g/mol. The Hall–Kier alpha value is -2.07. The summed E-state index contributed by atoms with van der Waals surface area (Å²) in [5.74, 6) is -0.0426. The molecule has 2 rings (SSSR count). The van der Waals surface area contributed by atoms with Gasteiger partial charge in [-0.1, -0.05) is 30.3 Å². The van der Waals surface area contributed by atoms with Gasteiger partial charge in [0, 0.05) is 18.4 Å². The quantitative estimate of drug-likeness (QED) is 0.858. The van der Waals surface area contributed by atoms with Crippen LogP contribution >= 0.6 is 0 Å². The number of aromatic nitrogens is 1. The maximum absolute atomic E-state index is 12.2. The number of nitrogens with zero attached hydrogens (tertiary/aromatic N) is 1. The summed E-state index contributed by atoms with van der Waals surface area (Å²) in [7, 11) is 0. The first-order valence-electron chi connectivity index (χ1n) is 7.23. The first kappa shape index (κ1) is 15.3. The largest absolute Gasteiger partial charge is 0.388 e. The molecular formula is C17H22N2O2. The molecule has 1 amide bonds. The molecule has 21 heavy (non-hydrogen) atoms. The second-order valence-corrected chi connectivity index (χ2v) is 5.38. The van der Waals surface area contributed by atoms with Crippen molar-refractivity contribution < 1.29 is 9.90 Å². The van der Waals surface area contributed by atoms with E-state index in [1.165, 1.54) is 0 Å². The number of aliphatic hydroxyl groups excluding tert-OH is 1. The average Bonchev–Trinajstić information content (AvgIpc) is 3.01. The van der Waals surface area contributed by atoms with Gasteiger partial charge in [-0.15, -0.1) is 0 Å². The van der Waals surface area contributed by atoms with Gasteiger partial charge in [-0.25, -0.2) is 0 Å². The van der Waals surface area contributed by atoms with Crippen molar-refractivity contribution in [1.82, 2.24) is 9.88 Å². The molecule has 0 aliphatic carbocycles. The predicted octanol–water partition coefficient (Wildman–Crippen LogP) is 2.68. The van der Waals surface area contributed by atoms with Crippen LogP contribution in [-0.4, -0.2) is 21.6 Å². The van der Waals surface area contributed by atoms with Crippen molar-refractivity contribution in [3.63, 3.8) is 0 Å². The van der Waals surface area contributed by atoms with Crippen molar-refractivity contribution in [3.05, 3.63) is 60.4 Å². The van der Waals surface area contributed by atoms with Crippen molar-refractivity contribution in [1.29, 1.82) is 0 Å². The van der Waals surface area contributed by atoms with Gasteiger partial charge in [0.25, 0.3) is 0 Å². The third-order valence-electron chi connectivity index (χ3n) is 3.60. The van der Waals surface area contributed by atoms with E-state index in [4.69, 9.17) is 0 Å². The van der Waals surface area contributed by atoms with Crippen molar-refractivity contribution >= 4 is 5.91 Å². The molecule has 0 aliphatic rings. The van der Waals surface area contributed by atoms with E-state index < -0.39 is 6.10 Å². The van der Waals surface area contributed by atoms with Gasteiger partial charge in [0.1, 0.15) is 6.04 Å². The molecule has 3 atom stereocenters. The number of hydrogen-bond acceptors (Lipinski definition) is 2. The van der Waals surface area contributed by atoms with Gasteiger partial charge in [-0.3, -0.25) is 4.79 Å². The lowest BCUT2D eigenvalue weighted by atomic mass is 10.0. The number of carbonyl (C=O) groups excluding carboxylic acids is 1. The lowest BCUT2D eigenvalue weighted by molar-refractivity contribution is -0.124. The van der Waals surface area contributed by atoms with Gasteiger partial charge in [0.05, 0.1) is 6.10 Å². The first-order valence-corrected chi connectivity index (χ1v) is 7.23. The fraction of sp³-hybridized carbons (Fsp3) is 0.353. The Balaban J connectivity index is 1.87. The number of rotatable bonds is 6. The van der Waals surface area contributed by atoms with E-state index in [1.54, 1.807) is 0 Å². The van der Waals surface area contributed by atoms with E-state index in [0.717, 1.165) is 5.56 Å². The van der Waals surface area contributed by atoms with Gasteiger partial charge < -0.3 is 15.0 Å². The van der Waals surface area contributed by atoms with Gasteiger partial charge in [0.15, 0.2) is 0 Å². The monoisotopic (exact) mass is 286 g/mol. The van der Waals surface area contributed by atoms with Crippen LogP contribution in [0.2, 0.25) is 0 Å². The van der Waals surface area contributed by atoms with Crippen LogP contribution in [0.4, 0.5) is 0 Å². The van der Waals surface area contributed by atoms with Crippen LogP contribution in [0.5, 0.6) is 0 Å². The van der Waals surface area contributed by atoms with Crippen molar-refractivity contribution in [2.75, 3.05) is 0 Å². The fourth-order valence-corrected chi connectivity index (χ4v) is 2.31. The molecule has 1 aromatic heterocycles. The molecule has 0 bridgehead atoms. The first-order chi connectivity index (χ1) is 10.1. The van der Waals surface area contributed by atoms with Crippen LogP contribution in [0.15, 0.2) is 54.9 Å². The van der Waals surface area contributed by atoms with E-state index in [0.29, 0.717) is 6.42 Å². The number of amides is 1. The zero-order valence-electron chi connectivity index (χ0n) is 12.4. The zero-order chi connectivity index (χ0) is 15.2. The smallest absolute Gasteiger partial charge is 0.242 e. The summed E-state index contributed by atoms with van der Waals surface area (Å²) in [6.07, 6.45) is 3.67. The molecule has 0 fully saturated rings. The second-order valence-electron chi connectivity index (χ2n) is 5.38. The van der Waals surface area contributed by atoms with E-state index in [2.05, 4.69) is 5.32 Å². The Morgan fingerprint density at radius 3 is 2.38 bits per heavy atom. The summed E-state index contributed by atoms with van der Waals surface area (Å²) in [6.45, 7) is 3.77. The Morgan fingerprint density at radius 2 is 1.76 bits per heavy atom. The molecule has 1 heterocycles. The molecule has 0 saturated carbocycles. The highest BCUT2D eigenvalue weighted by atomic mass is 16.3. The van der Waals surface area contributed by atoms with Gasteiger partial charge in [-0.05, 0) is 38.0 Å². The number of carbonyl (C=O) groups is 1. The molecular weight excluding hydrogens is 264 g/mol. The van der Waals surface area contributed by atoms with E-state index in [1.807, 2.05) is 73.3 Å². The summed E-state index contributed by atoms with van der Waals surface area (Å²) in [5, 5.41) is 13.1. The van der Waals surface area contributed by atoms with Gasteiger partial charge >= 0.3 is 0 Å². The molecule has 0 spiro atoms. The van der Waals surface area contributed by atoms with Crippen LogP contribution in [0.3, 0.4) is 0 Å². The van der Waals surface area contributed by atoms with Gasteiger partial charge in [-0.2, -0.15) is 0 Å². The minimum absolute atomic E-state index is 0.0426.